The van der Waals surface area contributed by atoms with Crippen molar-refractivity contribution in [3.8, 4) is 0 Å². The third-order valence-electron chi connectivity index (χ3n) is 3.86. The van der Waals surface area contributed by atoms with Crippen LogP contribution in [0.25, 0.3) is 5.57 Å². The first-order chi connectivity index (χ1) is 9.90. The maximum absolute atomic E-state index is 11.0. The van der Waals surface area contributed by atoms with Gasteiger partial charge < -0.3 is 5.11 Å². The Morgan fingerprint density at radius 1 is 1.38 bits per heavy atom. The number of hydrogen-bond acceptors (Lipinski definition) is 1. The maximum Gasteiger partial charge on any atom is 0.331 e. The molecule has 0 fully saturated rings. The van der Waals surface area contributed by atoms with Crippen molar-refractivity contribution in [1.29, 1.82) is 0 Å². The fraction of sp³-hybridized carbons (Fsp3) is 0.278. The van der Waals surface area contributed by atoms with Gasteiger partial charge in [-0.1, -0.05) is 24.2 Å². The minimum Gasteiger partial charge on any atom is -0.478 e. The Bertz CT molecular complexity index is 666. The summed E-state index contributed by atoms with van der Waals surface area (Å²) in [7, 11) is 0. The van der Waals surface area contributed by atoms with Crippen LogP contribution in [0.15, 0.2) is 47.6 Å². The summed E-state index contributed by atoms with van der Waals surface area (Å²) in [6.45, 7) is 7.71. The predicted molar refractivity (Wildman–Crippen MR) is 87.5 cm³/mol. The van der Waals surface area contributed by atoms with Gasteiger partial charge in [-0.05, 0) is 79.2 Å². The highest BCUT2D eigenvalue weighted by molar-refractivity contribution is 6.30. The molecule has 0 amide bonds. The van der Waals surface area contributed by atoms with Gasteiger partial charge in [-0.3, -0.25) is 0 Å². The molecule has 0 spiro atoms. The first-order valence-electron chi connectivity index (χ1n) is 6.99. The van der Waals surface area contributed by atoms with Gasteiger partial charge in [0, 0.05) is 10.6 Å². The molecule has 2 nitrogen and oxygen atoms in total. The van der Waals surface area contributed by atoms with Gasteiger partial charge in [0.25, 0.3) is 0 Å². The minimum absolute atomic E-state index is 0.307. The SMILES string of the molecule is C=C(/C=C(\C)C(=O)O)C1=C(c2cc(Cl)ccc2C)CCC1. The smallest absolute Gasteiger partial charge is 0.331 e. The normalized spacial score (nSPS) is 15.5. The van der Waals surface area contributed by atoms with Gasteiger partial charge in [0.15, 0.2) is 0 Å². The van der Waals surface area contributed by atoms with Crippen molar-refractivity contribution in [2.45, 2.75) is 33.1 Å². The van der Waals surface area contributed by atoms with E-state index in [0.29, 0.717) is 5.57 Å². The van der Waals surface area contributed by atoms with Gasteiger partial charge in [-0.2, -0.15) is 0 Å². The first kappa shape index (κ1) is 15.6. The van der Waals surface area contributed by atoms with Crippen molar-refractivity contribution in [1.82, 2.24) is 0 Å². The van der Waals surface area contributed by atoms with Crippen LogP contribution in [0.1, 0.15) is 37.3 Å². The Hall–Kier alpha value is -1.80. The van der Waals surface area contributed by atoms with E-state index < -0.39 is 5.97 Å². The van der Waals surface area contributed by atoms with Crippen LogP contribution in [0.4, 0.5) is 0 Å². The molecule has 0 aliphatic heterocycles. The topological polar surface area (TPSA) is 37.3 Å². The lowest BCUT2D eigenvalue weighted by Crippen LogP contribution is -1.97. The van der Waals surface area contributed by atoms with Crippen molar-refractivity contribution in [2.75, 3.05) is 0 Å². The van der Waals surface area contributed by atoms with E-state index in [9.17, 15) is 4.79 Å². The highest BCUT2D eigenvalue weighted by Gasteiger charge is 2.19. The Balaban J connectivity index is 2.46. The van der Waals surface area contributed by atoms with Gasteiger partial charge in [0.2, 0.25) is 0 Å². The Kier molecular flexibility index (Phi) is 4.69. The number of carboxylic acids is 1. The summed E-state index contributed by atoms with van der Waals surface area (Å²) in [5.74, 6) is -0.907. The van der Waals surface area contributed by atoms with Crippen LogP contribution in [-0.2, 0) is 4.79 Å². The van der Waals surface area contributed by atoms with E-state index in [1.165, 1.54) is 11.1 Å². The molecular weight excluding hydrogens is 284 g/mol. The van der Waals surface area contributed by atoms with Crippen molar-refractivity contribution < 1.29 is 9.90 Å². The van der Waals surface area contributed by atoms with E-state index in [1.54, 1.807) is 13.0 Å². The van der Waals surface area contributed by atoms with E-state index in [4.69, 9.17) is 16.7 Å². The van der Waals surface area contributed by atoms with E-state index in [-0.39, 0.29) is 0 Å². The molecule has 0 atom stereocenters. The summed E-state index contributed by atoms with van der Waals surface area (Å²) in [4.78, 5) is 11.0. The number of halogens is 1. The van der Waals surface area contributed by atoms with Crippen LogP contribution in [0, 0.1) is 6.92 Å². The minimum atomic E-state index is -0.907. The van der Waals surface area contributed by atoms with E-state index >= 15 is 0 Å². The zero-order valence-corrected chi connectivity index (χ0v) is 13.1. The largest absolute Gasteiger partial charge is 0.478 e. The van der Waals surface area contributed by atoms with Gasteiger partial charge in [-0.25, -0.2) is 4.79 Å². The molecule has 0 heterocycles. The molecule has 21 heavy (non-hydrogen) atoms. The molecular formula is C18H19ClO2. The van der Waals surface area contributed by atoms with Crippen molar-refractivity contribution in [2.24, 2.45) is 0 Å². The molecule has 1 aromatic rings. The molecule has 110 valence electrons. The number of allylic oxidation sites excluding steroid dienone is 4. The lowest BCUT2D eigenvalue weighted by atomic mass is 9.94. The standard InChI is InChI=1S/C18H19ClO2/c1-11-7-8-14(19)10-17(11)16-6-4-5-15(16)12(2)9-13(3)18(20)21/h7-10H,2,4-6H2,1,3H3,(H,20,21)/b13-9+. The molecule has 1 aliphatic rings. The van der Waals surface area contributed by atoms with Crippen molar-refractivity contribution >= 4 is 23.1 Å². The highest BCUT2D eigenvalue weighted by atomic mass is 35.5. The number of benzene rings is 1. The molecule has 0 saturated heterocycles. The average Bonchev–Trinajstić information content (AvgIpc) is 2.90. The molecule has 0 aromatic heterocycles. The molecule has 0 saturated carbocycles. The molecule has 3 heteroatoms. The number of rotatable bonds is 4. The van der Waals surface area contributed by atoms with E-state index in [0.717, 1.165) is 41.0 Å². The first-order valence-corrected chi connectivity index (χ1v) is 7.37. The van der Waals surface area contributed by atoms with Crippen LogP contribution in [0.2, 0.25) is 5.02 Å². The fourth-order valence-electron chi connectivity index (χ4n) is 2.72. The zero-order chi connectivity index (χ0) is 15.6. The lowest BCUT2D eigenvalue weighted by Gasteiger charge is -2.12. The van der Waals surface area contributed by atoms with Gasteiger partial charge >= 0.3 is 5.97 Å². The molecule has 0 unspecified atom stereocenters. The van der Waals surface area contributed by atoms with Crippen LogP contribution < -0.4 is 0 Å². The molecule has 2 rings (SSSR count). The maximum atomic E-state index is 11.0. The number of hydrogen-bond donors (Lipinski definition) is 1. The molecule has 1 N–H and O–H groups in total. The number of aliphatic carboxylic acids is 1. The third kappa shape index (κ3) is 3.45. The van der Waals surface area contributed by atoms with Crippen molar-refractivity contribution in [3.05, 3.63) is 63.7 Å². The van der Waals surface area contributed by atoms with Crippen LogP contribution in [0.3, 0.4) is 0 Å². The molecule has 1 aromatic carbocycles. The summed E-state index contributed by atoms with van der Waals surface area (Å²) in [6, 6.07) is 5.89. The number of carboxylic acid groups (broad SMARTS) is 1. The third-order valence-corrected chi connectivity index (χ3v) is 4.09. The van der Waals surface area contributed by atoms with Crippen LogP contribution >= 0.6 is 11.6 Å². The number of aryl methyl sites for hydroxylation is 1. The van der Waals surface area contributed by atoms with Gasteiger partial charge in [0.05, 0.1) is 0 Å². The summed E-state index contributed by atoms with van der Waals surface area (Å²) >= 11 is 6.11. The van der Waals surface area contributed by atoms with Gasteiger partial charge in [0.1, 0.15) is 0 Å². The van der Waals surface area contributed by atoms with E-state index in [1.807, 2.05) is 18.2 Å². The average molecular weight is 303 g/mol. The Morgan fingerprint density at radius 3 is 2.76 bits per heavy atom. The van der Waals surface area contributed by atoms with Crippen LogP contribution in [-0.4, -0.2) is 11.1 Å². The second kappa shape index (κ2) is 6.31. The second-order valence-corrected chi connectivity index (χ2v) is 5.86. The molecule has 0 radical (unpaired) electrons. The summed E-state index contributed by atoms with van der Waals surface area (Å²) in [6.07, 6.45) is 4.64. The monoisotopic (exact) mass is 302 g/mol. The second-order valence-electron chi connectivity index (χ2n) is 5.43. The molecule has 0 bridgehead atoms. The predicted octanol–water partition coefficient (Wildman–Crippen LogP) is 5.17. The zero-order valence-electron chi connectivity index (χ0n) is 12.4. The van der Waals surface area contributed by atoms with Gasteiger partial charge in [-0.15, -0.1) is 0 Å². The summed E-state index contributed by atoms with van der Waals surface area (Å²) in [5.41, 5.74) is 5.83. The number of carbonyl (C=O) groups is 1. The van der Waals surface area contributed by atoms with E-state index in [2.05, 4.69) is 13.5 Å². The highest BCUT2D eigenvalue weighted by Crippen LogP contribution is 2.39. The Labute approximate surface area is 130 Å². The fourth-order valence-corrected chi connectivity index (χ4v) is 2.90. The summed E-state index contributed by atoms with van der Waals surface area (Å²) < 4.78 is 0. The Morgan fingerprint density at radius 2 is 2.10 bits per heavy atom. The lowest BCUT2D eigenvalue weighted by molar-refractivity contribution is -0.132. The van der Waals surface area contributed by atoms with Crippen LogP contribution in [0.5, 0.6) is 0 Å². The summed E-state index contributed by atoms with van der Waals surface area (Å²) in [5, 5.41) is 9.71. The quantitative estimate of drug-likeness (QED) is 0.615. The van der Waals surface area contributed by atoms with Crippen molar-refractivity contribution in [3.63, 3.8) is 0 Å². The molecule has 1 aliphatic carbocycles.